The maximum atomic E-state index is 5.97. The zero-order chi connectivity index (χ0) is 10.0. The number of rotatable bonds is 2. The van der Waals surface area contributed by atoms with Gasteiger partial charge in [-0.3, -0.25) is 4.98 Å². The zero-order valence-electron chi connectivity index (χ0n) is 8.56. The Morgan fingerprint density at radius 3 is 2.23 bits per heavy atom. The van der Waals surface area contributed by atoms with Crippen molar-refractivity contribution in [2.45, 2.75) is 34.1 Å². The molecule has 0 aromatic carbocycles. The molecule has 13 heavy (non-hydrogen) atoms. The number of aromatic nitrogens is 2. The first kappa shape index (κ1) is 10.5. The Morgan fingerprint density at radius 1 is 1.15 bits per heavy atom. The van der Waals surface area contributed by atoms with Crippen molar-refractivity contribution in [3.05, 3.63) is 22.2 Å². The van der Waals surface area contributed by atoms with E-state index in [4.69, 9.17) is 11.6 Å². The molecule has 0 fully saturated rings. The summed E-state index contributed by atoms with van der Waals surface area (Å²) in [5.74, 6) is 0.564. The van der Waals surface area contributed by atoms with E-state index in [0.717, 1.165) is 23.5 Å². The molecular weight excluding hydrogens is 184 g/mol. The second-order valence-corrected chi connectivity index (χ2v) is 4.09. The van der Waals surface area contributed by atoms with E-state index in [1.165, 1.54) is 0 Å². The third-order valence-electron chi connectivity index (χ3n) is 1.93. The highest BCUT2D eigenvalue weighted by Gasteiger charge is 2.08. The second kappa shape index (κ2) is 4.05. The quantitative estimate of drug-likeness (QED) is 0.730. The van der Waals surface area contributed by atoms with Crippen LogP contribution >= 0.6 is 11.6 Å². The fraction of sp³-hybridized carbons (Fsp3) is 0.600. The van der Waals surface area contributed by atoms with Gasteiger partial charge < -0.3 is 0 Å². The van der Waals surface area contributed by atoms with Crippen molar-refractivity contribution >= 4 is 11.6 Å². The van der Waals surface area contributed by atoms with Gasteiger partial charge in [-0.15, -0.1) is 0 Å². The number of nitrogens with zero attached hydrogens (tertiary/aromatic N) is 2. The molecule has 0 radical (unpaired) electrons. The van der Waals surface area contributed by atoms with E-state index in [9.17, 15) is 0 Å². The molecule has 0 saturated heterocycles. The van der Waals surface area contributed by atoms with Gasteiger partial charge in [0.25, 0.3) is 0 Å². The molecule has 0 bridgehead atoms. The van der Waals surface area contributed by atoms with Crippen LogP contribution in [0.2, 0.25) is 5.15 Å². The van der Waals surface area contributed by atoms with Gasteiger partial charge in [0.2, 0.25) is 0 Å². The van der Waals surface area contributed by atoms with Gasteiger partial charge >= 0.3 is 0 Å². The molecule has 1 aromatic heterocycles. The summed E-state index contributed by atoms with van der Waals surface area (Å²) in [4.78, 5) is 8.65. The predicted octanol–water partition coefficient (Wildman–Crippen LogP) is 2.95. The number of hydrogen-bond donors (Lipinski definition) is 0. The largest absolute Gasteiger partial charge is 0.253 e. The van der Waals surface area contributed by atoms with Crippen LogP contribution in [0.5, 0.6) is 0 Å². The van der Waals surface area contributed by atoms with E-state index in [2.05, 4.69) is 23.8 Å². The first-order chi connectivity index (χ1) is 6.00. The summed E-state index contributed by atoms with van der Waals surface area (Å²) in [6.07, 6.45) is 0.896. The van der Waals surface area contributed by atoms with Crippen LogP contribution in [0, 0.1) is 19.8 Å². The Labute approximate surface area is 84.4 Å². The molecule has 1 heterocycles. The minimum atomic E-state index is 0.553. The molecule has 1 aromatic rings. The van der Waals surface area contributed by atoms with Crippen LogP contribution < -0.4 is 0 Å². The SMILES string of the molecule is Cc1nc(Cl)c(CC(C)C)nc1C. The molecule has 1 rings (SSSR count). The van der Waals surface area contributed by atoms with Crippen LogP contribution in [0.4, 0.5) is 0 Å². The Bertz CT molecular complexity index is 308. The van der Waals surface area contributed by atoms with E-state index in [1.54, 1.807) is 0 Å². The third-order valence-corrected chi connectivity index (χ3v) is 2.23. The highest BCUT2D eigenvalue weighted by atomic mass is 35.5. The summed E-state index contributed by atoms with van der Waals surface area (Å²) in [7, 11) is 0. The number of halogens is 1. The molecular formula is C10H15ClN2. The third kappa shape index (κ3) is 2.66. The van der Waals surface area contributed by atoms with Crippen molar-refractivity contribution < 1.29 is 0 Å². The van der Waals surface area contributed by atoms with Crippen molar-refractivity contribution in [3.8, 4) is 0 Å². The fourth-order valence-electron chi connectivity index (χ4n) is 1.14. The molecule has 3 heteroatoms. The van der Waals surface area contributed by atoms with E-state index in [0.29, 0.717) is 11.1 Å². The molecule has 0 aliphatic rings. The van der Waals surface area contributed by atoms with Crippen LogP contribution in [-0.4, -0.2) is 9.97 Å². The molecule has 0 atom stereocenters. The van der Waals surface area contributed by atoms with Crippen molar-refractivity contribution in [3.63, 3.8) is 0 Å². The molecule has 0 amide bonds. The average molecular weight is 199 g/mol. The summed E-state index contributed by atoms with van der Waals surface area (Å²) >= 11 is 5.97. The van der Waals surface area contributed by atoms with Crippen molar-refractivity contribution in [2.24, 2.45) is 5.92 Å². The normalized spacial score (nSPS) is 10.9. The molecule has 0 unspecified atom stereocenters. The first-order valence-electron chi connectivity index (χ1n) is 4.50. The summed E-state index contributed by atoms with van der Waals surface area (Å²) in [5.41, 5.74) is 2.80. The standard InChI is InChI=1S/C10H15ClN2/c1-6(2)5-9-10(11)13-8(4)7(3)12-9/h6H,5H2,1-4H3. The van der Waals surface area contributed by atoms with Crippen LogP contribution in [0.3, 0.4) is 0 Å². The van der Waals surface area contributed by atoms with Crippen molar-refractivity contribution in [1.29, 1.82) is 0 Å². The highest BCUT2D eigenvalue weighted by Crippen LogP contribution is 2.16. The summed E-state index contributed by atoms with van der Waals surface area (Å²) < 4.78 is 0. The van der Waals surface area contributed by atoms with E-state index < -0.39 is 0 Å². The Balaban J connectivity index is 3.01. The lowest BCUT2D eigenvalue weighted by Crippen LogP contribution is -2.03. The summed E-state index contributed by atoms with van der Waals surface area (Å²) in [6, 6.07) is 0. The second-order valence-electron chi connectivity index (χ2n) is 3.73. The summed E-state index contributed by atoms with van der Waals surface area (Å²) in [6.45, 7) is 8.18. The predicted molar refractivity (Wildman–Crippen MR) is 55.1 cm³/mol. The van der Waals surface area contributed by atoms with Gasteiger partial charge in [0.15, 0.2) is 5.15 Å². The van der Waals surface area contributed by atoms with Crippen molar-refractivity contribution in [2.75, 3.05) is 0 Å². The van der Waals surface area contributed by atoms with Gasteiger partial charge in [0.05, 0.1) is 17.1 Å². The first-order valence-corrected chi connectivity index (χ1v) is 4.88. The zero-order valence-corrected chi connectivity index (χ0v) is 9.31. The summed E-state index contributed by atoms with van der Waals surface area (Å²) in [5, 5.41) is 0.553. The molecule has 2 nitrogen and oxygen atoms in total. The van der Waals surface area contributed by atoms with Gasteiger partial charge in [-0.05, 0) is 26.2 Å². The molecule has 72 valence electrons. The lowest BCUT2D eigenvalue weighted by atomic mass is 10.1. The molecule has 0 aliphatic heterocycles. The van der Waals surface area contributed by atoms with E-state index >= 15 is 0 Å². The molecule has 0 N–H and O–H groups in total. The fourth-order valence-corrected chi connectivity index (χ4v) is 1.38. The minimum absolute atomic E-state index is 0.553. The number of hydrogen-bond acceptors (Lipinski definition) is 2. The monoisotopic (exact) mass is 198 g/mol. The Hall–Kier alpha value is -0.630. The molecule has 0 saturated carbocycles. The van der Waals surface area contributed by atoms with Crippen LogP contribution in [0.25, 0.3) is 0 Å². The van der Waals surface area contributed by atoms with Gasteiger partial charge in [0, 0.05) is 0 Å². The topological polar surface area (TPSA) is 25.8 Å². The maximum Gasteiger partial charge on any atom is 0.150 e. The van der Waals surface area contributed by atoms with Gasteiger partial charge in [-0.2, -0.15) is 0 Å². The van der Waals surface area contributed by atoms with Crippen LogP contribution in [-0.2, 0) is 6.42 Å². The van der Waals surface area contributed by atoms with Gasteiger partial charge in [-0.1, -0.05) is 25.4 Å². The lowest BCUT2D eigenvalue weighted by molar-refractivity contribution is 0.631. The van der Waals surface area contributed by atoms with Crippen LogP contribution in [0.1, 0.15) is 30.9 Å². The van der Waals surface area contributed by atoms with Gasteiger partial charge in [0.1, 0.15) is 0 Å². The van der Waals surface area contributed by atoms with Crippen molar-refractivity contribution in [1.82, 2.24) is 9.97 Å². The number of aryl methyl sites for hydroxylation is 2. The Kier molecular flexibility index (Phi) is 3.26. The molecule has 0 aliphatic carbocycles. The average Bonchev–Trinajstić information content (AvgIpc) is 1.99. The van der Waals surface area contributed by atoms with Gasteiger partial charge in [-0.25, -0.2) is 4.98 Å². The van der Waals surface area contributed by atoms with E-state index in [1.807, 2.05) is 13.8 Å². The smallest absolute Gasteiger partial charge is 0.150 e. The highest BCUT2D eigenvalue weighted by molar-refractivity contribution is 6.30. The lowest BCUT2D eigenvalue weighted by Gasteiger charge is -2.08. The minimum Gasteiger partial charge on any atom is -0.253 e. The molecule has 0 spiro atoms. The maximum absolute atomic E-state index is 5.97. The van der Waals surface area contributed by atoms with Crippen LogP contribution in [0.15, 0.2) is 0 Å². The Morgan fingerprint density at radius 2 is 1.69 bits per heavy atom. The van der Waals surface area contributed by atoms with E-state index in [-0.39, 0.29) is 0 Å².